The molecule has 0 aliphatic heterocycles. The van der Waals surface area contributed by atoms with E-state index in [0.29, 0.717) is 0 Å². The summed E-state index contributed by atoms with van der Waals surface area (Å²) in [5.41, 5.74) is 0. The van der Waals surface area contributed by atoms with E-state index >= 15 is 0 Å². The molecule has 0 aromatic heterocycles. The van der Waals surface area contributed by atoms with E-state index in [1.807, 2.05) is 0 Å². The summed E-state index contributed by atoms with van der Waals surface area (Å²) in [4.78, 5) is 0. The Kier molecular flexibility index (Phi) is 98.4. The van der Waals surface area contributed by atoms with Crippen molar-refractivity contribution in [2.75, 3.05) is 0 Å². The topological polar surface area (TPSA) is 0 Å². The van der Waals surface area contributed by atoms with Crippen molar-refractivity contribution in [3.8, 4) is 0 Å². The van der Waals surface area contributed by atoms with Gasteiger partial charge in [-0.15, -0.1) is 0 Å². The second-order valence-electron chi connectivity index (χ2n) is 3.41. The molecule has 0 nitrogen and oxygen atoms in total. The minimum atomic E-state index is 0. The fourth-order valence-electron chi connectivity index (χ4n) is 0. The molecule has 0 aliphatic rings. The minimum Gasteiger partial charge on any atom is -0.343 e. The standard InChI is InChI=1S/4C4H9.Co/c4*1-3-4-2;/h4*1,3-4H2,2H3;/q4*-1;. The average molecular weight is 287 g/mol. The zero-order valence-electron chi connectivity index (χ0n) is 12.8. The van der Waals surface area contributed by atoms with Crippen molar-refractivity contribution in [2.24, 2.45) is 0 Å². The van der Waals surface area contributed by atoms with Gasteiger partial charge in [0.2, 0.25) is 0 Å². The zero-order valence-corrected chi connectivity index (χ0v) is 13.9. The normalized spacial score (nSPS) is 7.06. The summed E-state index contributed by atoms with van der Waals surface area (Å²) in [6.45, 7) is 22.9. The van der Waals surface area contributed by atoms with Crippen LogP contribution in [0.5, 0.6) is 0 Å². The summed E-state index contributed by atoms with van der Waals surface area (Å²) in [6, 6.07) is 0. The summed E-state index contributed by atoms with van der Waals surface area (Å²) in [5, 5.41) is 0. The molecule has 17 heavy (non-hydrogen) atoms. The van der Waals surface area contributed by atoms with Gasteiger partial charge in [-0.3, -0.25) is 0 Å². The van der Waals surface area contributed by atoms with Gasteiger partial charge in [0, 0.05) is 16.8 Å². The van der Waals surface area contributed by atoms with Gasteiger partial charge in [0.15, 0.2) is 0 Å². The van der Waals surface area contributed by atoms with Crippen LogP contribution in [0.1, 0.15) is 79.1 Å². The third-order valence-electron chi connectivity index (χ3n) is 1.41. The van der Waals surface area contributed by atoms with Crippen molar-refractivity contribution in [1.29, 1.82) is 0 Å². The quantitative estimate of drug-likeness (QED) is 0.519. The molecule has 0 unspecified atom stereocenters. The van der Waals surface area contributed by atoms with E-state index in [9.17, 15) is 0 Å². The summed E-state index contributed by atoms with van der Waals surface area (Å²) >= 11 is 0. The van der Waals surface area contributed by atoms with Crippen LogP contribution in [-0.4, -0.2) is 0 Å². The van der Waals surface area contributed by atoms with Crippen LogP contribution in [0.2, 0.25) is 0 Å². The fourth-order valence-corrected chi connectivity index (χ4v) is 0. The van der Waals surface area contributed by atoms with E-state index in [1.54, 1.807) is 0 Å². The first kappa shape index (κ1) is 30.5. The Bertz CT molecular complexity index is 29.5. The maximum atomic E-state index is 3.60. The first-order valence-electron chi connectivity index (χ1n) is 6.83. The first-order valence-corrected chi connectivity index (χ1v) is 6.83. The van der Waals surface area contributed by atoms with Crippen molar-refractivity contribution in [2.45, 2.75) is 79.1 Å². The van der Waals surface area contributed by atoms with Crippen molar-refractivity contribution in [1.82, 2.24) is 0 Å². The molecule has 0 fully saturated rings. The molecule has 0 atom stereocenters. The monoisotopic (exact) mass is 287 g/mol. The van der Waals surface area contributed by atoms with Crippen molar-refractivity contribution in [3.05, 3.63) is 27.7 Å². The number of hydrogen-bond acceptors (Lipinski definition) is 0. The molecular weight excluding hydrogens is 251 g/mol. The molecule has 0 bridgehead atoms. The molecule has 0 aromatic rings. The van der Waals surface area contributed by atoms with Crippen LogP contribution in [-0.2, 0) is 16.8 Å². The van der Waals surface area contributed by atoms with E-state index in [2.05, 4.69) is 55.4 Å². The van der Waals surface area contributed by atoms with Gasteiger partial charge >= 0.3 is 0 Å². The van der Waals surface area contributed by atoms with Crippen molar-refractivity contribution < 1.29 is 16.8 Å². The van der Waals surface area contributed by atoms with Gasteiger partial charge in [0.25, 0.3) is 0 Å². The van der Waals surface area contributed by atoms with Gasteiger partial charge in [-0.1, -0.05) is 53.4 Å². The Hall–Kier alpha value is 0.506. The van der Waals surface area contributed by atoms with Crippen LogP contribution in [0.3, 0.4) is 0 Å². The third-order valence-corrected chi connectivity index (χ3v) is 1.41. The second-order valence-corrected chi connectivity index (χ2v) is 3.41. The molecule has 0 amide bonds. The molecule has 113 valence electrons. The van der Waals surface area contributed by atoms with E-state index < -0.39 is 0 Å². The molecule has 0 aliphatic carbocycles. The van der Waals surface area contributed by atoms with Crippen LogP contribution >= 0.6 is 0 Å². The summed E-state index contributed by atoms with van der Waals surface area (Å²) in [7, 11) is 0. The molecule has 0 heterocycles. The van der Waals surface area contributed by atoms with E-state index in [4.69, 9.17) is 0 Å². The largest absolute Gasteiger partial charge is 0.343 e. The van der Waals surface area contributed by atoms with Gasteiger partial charge in [-0.05, 0) is 0 Å². The predicted molar refractivity (Wildman–Crippen MR) is 81.1 cm³/mol. The zero-order chi connectivity index (χ0) is 13.7. The van der Waals surface area contributed by atoms with Gasteiger partial charge in [0.05, 0.1) is 0 Å². The Morgan fingerprint density at radius 3 is 0.529 bits per heavy atom. The van der Waals surface area contributed by atoms with E-state index in [-0.39, 0.29) is 16.8 Å². The Labute approximate surface area is 124 Å². The molecular formula is C16H36Co-4. The van der Waals surface area contributed by atoms with Gasteiger partial charge in [-0.2, -0.15) is 25.7 Å². The Balaban J connectivity index is -0.0000000369. The molecule has 0 N–H and O–H groups in total. The average Bonchev–Trinajstić information content (AvgIpc) is 2.39. The van der Waals surface area contributed by atoms with Crippen LogP contribution in [0.15, 0.2) is 0 Å². The number of hydrogen-bond donors (Lipinski definition) is 0. The smallest absolute Gasteiger partial charge is 0 e. The molecule has 0 spiro atoms. The van der Waals surface area contributed by atoms with E-state index in [1.165, 1.54) is 25.7 Å². The molecule has 1 radical (unpaired) electrons. The third kappa shape index (κ3) is 171. The van der Waals surface area contributed by atoms with Crippen molar-refractivity contribution in [3.63, 3.8) is 0 Å². The molecule has 1 heteroatoms. The summed E-state index contributed by atoms with van der Waals surface area (Å²) in [6.07, 6.45) is 9.11. The summed E-state index contributed by atoms with van der Waals surface area (Å²) < 4.78 is 0. The Morgan fingerprint density at radius 2 is 0.529 bits per heavy atom. The first-order chi connectivity index (χ1) is 7.66. The van der Waals surface area contributed by atoms with Gasteiger partial charge < -0.3 is 27.7 Å². The maximum Gasteiger partial charge on any atom is 0 e. The van der Waals surface area contributed by atoms with Crippen LogP contribution in [0.25, 0.3) is 0 Å². The molecule has 0 aromatic carbocycles. The van der Waals surface area contributed by atoms with Crippen LogP contribution in [0.4, 0.5) is 0 Å². The summed E-state index contributed by atoms with van der Waals surface area (Å²) in [5.74, 6) is 0. The van der Waals surface area contributed by atoms with Crippen LogP contribution < -0.4 is 0 Å². The molecule has 0 rings (SSSR count). The SMILES string of the molecule is [CH2-]CCC.[CH2-]CCC.[CH2-]CCC.[CH2-]CCC.[Co]. The molecule has 0 saturated heterocycles. The Morgan fingerprint density at radius 1 is 0.471 bits per heavy atom. The fraction of sp³-hybridized carbons (Fsp3) is 0.750. The minimum absolute atomic E-state index is 0. The number of unbranched alkanes of at least 4 members (excludes halogenated alkanes) is 4. The maximum absolute atomic E-state index is 3.60. The molecule has 0 saturated carbocycles. The number of rotatable bonds is 4. The van der Waals surface area contributed by atoms with Gasteiger partial charge in [-0.25, -0.2) is 0 Å². The second kappa shape index (κ2) is 54.9. The van der Waals surface area contributed by atoms with E-state index in [0.717, 1.165) is 25.7 Å². The van der Waals surface area contributed by atoms with Crippen molar-refractivity contribution >= 4 is 0 Å². The van der Waals surface area contributed by atoms with Crippen LogP contribution in [0, 0.1) is 27.7 Å². The predicted octanol–water partition coefficient (Wildman–Crippen LogP) is 6.48. The van der Waals surface area contributed by atoms with Gasteiger partial charge in [0.1, 0.15) is 0 Å².